The van der Waals surface area contributed by atoms with Gasteiger partial charge in [-0.3, -0.25) is 9.59 Å². The lowest BCUT2D eigenvalue weighted by atomic mass is 10.2. The third kappa shape index (κ3) is 5.10. The fraction of sp³-hybridized carbons (Fsp3) is 0.615. The van der Waals surface area contributed by atoms with E-state index in [0.29, 0.717) is 19.5 Å². The van der Waals surface area contributed by atoms with Crippen LogP contribution in [0.3, 0.4) is 0 Å². The summed E-state index contributed by atoms with van der Waals surface area (Å²) in [4.78, 5) is 23.3. The lowest BCUT2D eigenvalue weighted by Crippen LogP contribution is -2.31. The van der Waals surface area contributed by atoms with Crippen molar-refractivity contribution in [3.8, 4) is 0 Å². The number of hydrogen-bond donors (Lipinski definition) is 2. The van der Waals surface area contributed by atoms with Crippen LogP contribution in [0.2, 0.25) is 0 Å². The van der Waals surface area contributed by atoms with Crippen LogP contribution in [0, 0.1) is 0 Å². The molecule has 7 heteroatoms. The van der Waals surface area contributed by atoms with E-state index < -0.39 is 6.10 Å². The van der Waals surface area contributed by atoms with Crippen molar-refractivity contribution < 1.29 is 14.6 Å². The minimum Gasteiger partial charge on any atom is -0.391 e. The molecule has 0 saturated heterocycles. The number of nitrogens with one attached hydrogen (secondary N) is 1. The van der Waals surface area contributed by atoms with E-state index in [9.17, 15) is 14.7 Å². The number of aliphatic hydroxyl groups excluding tert-OH is 1. The number of aryl methyl sites for hydroxylation is 1. The number of methoxy groups -OCH3 is 1. The highest BCUT2D eigenvalue weighted by molar-refractivity contribution is 5.91. The smallest absolute Gasteiger partial charge is 0.271 e. The largest absolute Gasteiger partial charge is 0.391 e. The first-order chi connectivity index (χ1) is 9.58. The van der Waals surface area contributed by atoms with Crippen LogP contribution in [0.4, 0.5) is 0 Å². The molecule has 2 N–H and O–H groups in total. The third-order valence-electron chi connectivity index (χ3n) is 2.66. The molecule has 112 valence electrons. The summed E-state index contributed by atoms with van der Waals surface area (Å²) >= 11 is 0. The number of hydrogen-bond acceptors (Lipinski definition) is 5. The Hall–Kier alpha value is -1.73. The Morgan fingerprint density at radius 1 is 1.55 bits per heavy atom. The van der Waals surface area contributed by atoms with E-state index >= 15 is 0 Å². The summed E-state index contributed by atoms with van der Waals surface area (Å²) in [5.74, 6) is -0.362. The fourth-order valence-electron chi connectivity index (χ4n) is 1.66. The molecular formula is C13H21N3O4. The van der Waals surface area contributed by atoms with Crippen LogP contribution in [-0.2, 0) is 11.3 Å². The van der Waals surface area contributed by atoms with Gasteiger partial charge in [-0.25, -0.2) is 4.68 Å². The molecule has 0 aliphatic heterocycles. The maximum atomic E-state index is 11.8. The molecule has 0 saturated carbocycles. The lowest BCUT2D eigenvalue weighted by molar-refractivity contribution is 0.0587. The topological polar surface area (TPSA) is 93.5 Å². The van der Waals surface area contributed by atoms with Crippen LogP contribution in [0.15, 0.2) is 16.9 Å². The van der Waals surface area contributed by atoms with Crippen molar-refractivity contribution in [2.45, 2.75) is 32.4 Å². The average molecular weight is 283 g/mol. The number of carbonyl (C=O) groups excluding carboxylic acids is 1. The van der Waals surface area contributed by atoms with Crippen molar-refractivity contribution in [3.05, 3.63) is 28.2 Å². The molecule has 1 amide bonds. The summed E-state index contributed by atoms with van der Waals surface area (Å²) < 4.78 is 6.06. The summed E-state index contributed by atoms with van der Waals surface area (Å²) in [6, 6.07) is 2.73. The van der Waals surface area contributed by atoms with Crippen molar-refractivity contribution in [1.29, 1.82) is 0 Å². The SMILES string of the molecule is CCCn1nc(C(=O)NCCC(O)COC)ccc1=O. The molecule has 1 heterocycles. The molecule has 0 fully saturated rings. The van der Waals surface area contributed by atoms with Gasteiger partial charge in [0.15, 0.2) is 0 Å². The zero-order valence-corrected chi connectivity index (χ0v) is 11.8. The Morgan fingerprint density at radius 3 is 2.95 bits per heavy atom. The Bertz CT molecular complexity index is 487. The van der Waals surface area contributed by atoms with Gasteiger partial charge < -0.3 is 15.2 Å². The van der Waals surface area contributed by atoms with Gasteiger partial charge in [-0.05, 0) is 18.9 Å². The number of aliphatic hydroxyl groups is 1. The second-order valence-corrected chi connectivity index (χ2v) is 4.43. The normalized spacial score (nSPS) is 12.2. The third-order valence-corrected chi connectivity index (χ3v) is 2.66. The fourth-order valence-corrected chi connectivity index (χ4v) is 1.66. The molecule has 0 radical (unpaired) electrons. The summed E-state index contributed by atoms with van der Waals surface area (Å²) in [7, 11) is 1.50. The number of aromatic nitrogens is 2. The molecule has 0 aliphatic carbocycles. The minimum absolute atomic E-state index is 0.194. The number of amides is 1. The second kappa shape index (κ2) is 8.44. The van der Waals surface area contributed by atoms with E-state index in [1.54, 1.807) is 0 Å². The van der Waals surface area contributed by atoms with E-state index in [4.69, 9.17) is 4.74 Å². The molecule has 0 aliphatic rings. The first-order valence-electron chi connectivity index (χ1n) is 6.61. The van der Waals surface area contributed by atoms with Crippen LogP contribution < -0.4 is 10.9 Å². The predicted octanol–water partition coefficient (Wildman–Crippen LogP) is -0.219. The highest BCUT2D eigenvalue weighted by Crippen LogP contribution is 1.94. The summed E-state index contributed by atoms with van der Waals surface area (Å²) in [5.41, 5.74) is -0.0294. The standard InChI is InChI=1S/C13H21N3O4/c1-3-8-16-12(18)5-4-11(15-16)13(19)14-7-6-10(17)9-20-2/h4-5,10,17H,3,6-9H2,1-2H3,(H,14,19). The van der Waals surface area contributed by atoms with E-state index in [0.717, 1.165) is 6.42 Å². The predicted molar refractivity (Wildman–Crippen MR) is 73.6 cm³/mol. The Balaban J connectivity index is 2.55. The van der Waals surface area contributed by atoms with E-state index in [1.165, 1.54) is 23.9 Å². The van der Waals surface area contributed by atoms with Gasteiger partial charge >= 0.3 is 0 Å². The summed E-state index contributed by atoms with van der Waals surface area (Å²) in [6.45, 7) is 2.96. The van der Waals surface area contributed by atoms with Gasteiger partial charge in [-0.2, -0.15) is 5.10 Å². The molecule has 1 atom stereocenters. The average Bonchev–Trinajstić information content (AvgIpc) is 2.41. The van der Waals surface area contributed by atoms with Crippen LogP contribution in [0.5, 0.6) is 0 Å². The Morgan fingerprint density at radius 2 is 2.30 bits per heavy atom. The molecule has 7 nitrogen and oxygen atoms in total. The molecule has 1 aromatic rings. The van der Waals surface area contributed by atoms with E-state index in [-0.39, 0.29) is 23.8 Å². The lowest BCUT2D eigenvalue weighted by Gasteiger charge is -2.10. The zero-order valence-electron chi connectivity index (χ0n) is 11.8. The highest BCUT2D eigenvalue weighted by atomic mass is 16.5. The van der Waals surface area contributed by atoms with Gasteiger partial charge in [0, 0.05) is 26.3 Å². The molecule has 0 bridgehead atoms. The zero-order chi connectivity index (χ0) is 15.0. The van der Waals surface area contributed by atoms with Gasteiger partial charge in [-0.1, -0.05) is 6.92 Å². The highest BCUT2D eigenvalue weighted by Gasteiger charge is 2.10. The van der Waals surface area contributed by atoms with E-state index in [1.807, 2.05) is 6.92 Å². The first kappa shape index (κ1) is 16.3. The van der Waals surface area contributed by atoms with Gasteiger partial charge in [0.2, 0.25) is 0 Å². The van der Waals surface area contributed by atoms with Gasteiger partial charge in [0.05, 0.1) is 12.7 Å². The minimum atomic E-state index is -0.609. The second-order valence-electron chi connectivity index (χ2n) is 4.43. The van der Waals surface area contributed by atoms with Crippen molar-refractivity contribution >= 4 is 5.91 Å². The van der Waals surface area contributed by atoms with Crippen molar-refractivity contribution in [1.82, 2.24) is 15.1 Å². The maximum Gasteiger partial charge on any atom is 0.271 e. The van der Waals surface area contributed by atoms with Crippen LogP contribution >= 0.6 is 0 Å². The number of rotatable bonds is 8. The maximum absolute atomic E-state index is 11.8. The van der Waals surface area contributed by atoms with Gasteiger partial charge in [-0.15, -0.1) is 0 Å². The molecular weight excluding hydrogens is 262 g/mol. The number of nitrogens with zero attached hydrogens (tertiary/aromatic N) is 2. The van der Waals surface area contributed by atoms with Crippen molar-refractivity contribution in [2.75, 3.05) is 20.3 Å². The van der Waals surface area contributed by atoms with Crippen LogP contribution in [-0.4, -0.2) is 47.2 Å². The summed E-state index contributed by atoms with van der Waals surface area (Å²) in [6.07, 6.45) is 0.553. The molecule has 1 aromatic heterocycles. The summed E-state index contributed by atoms with van der Waals surface area (Å²) in [5, 5.41) is 16.1. The van der Waals surface area contributed by atoms with E-state index in [2.05, 4.69) is 10.4 Å². The Labute approximate surface area is 117 Å². The molecule has 0 aromatic carbocycles. The van der Waals surface area contributed by atoms with Crippen LogP contribution in [0.1, 0.15) is 30.3 Å². The number of ether oxygens (including phenoxy) is 1. The van der Waals surface area contributed by atoms with Gasteiger partial charge in [0.25, 0.3) is 11.5 Å². The quantitative estimate of drug-likeness (QED) is 0.688. The molecule has 1 unspecified atom stereocenters. The monoisotopic (exact) mass is 283 g/mol. The van der Waals surface area contributed by atoms with Crippen LogP contribution in [0.25, 0.3) is 0 Å². The number of carbonyl (C=O) groups is 1. The molecule has 1 rings (SSSR count). The van der Waals surface area contributed by atoms with Crippen molar-refractivity contribution in [2.24, 2.45) is 0 Å². The Kier molecular flexibility index (Phi) is 6.89. The molecule has 20 heavy (non-hydrogen) atoms. The van der Waals surface area contributed by atoms with Crippen molar-refractivity contribution in [3.63, 3.8) is 0 Å². The molecule has 0 spiro atoms. The van der Waals surface area contributed by atoms with Gasteiger partial charge in [0.1, 0.15) is 5.69 Å². The first-order valence-corrected chi connectivity index (χ1v) is 6.61.